The highest BCUT2D eigenvalue weighted by atomic mass is 16.5. The normalized spacial score (nSPS) is 23.4. The highest BCUT2D eigenvalue weighted by Gasteiger charge is 2.25. The topological polar surface area (TPSA) is 55.8 Å². The van der Waals surface area contributed by atoms with E-state index in [2.05, 4.69) is 0 Å². The molecule has 2 atom stereocenters. The van der Waals surface area contributed by atoms with E-state index in [-0.39, 0.29) is 12.2 Å². The zero-order chi connectivity index (χ0) is 12.3. The molecule has 0 radical (unpaired) electrons. The minimum Gasteiger partial charge on any atom is -0.493 e. The standard InChI is InChI=1S/C13H16O4/c1-16-12-5-2-9(8-14)6-13(12)17-11-4-3-10(15)7-11/h2,5-6,8,10-11,15H,3-4,7H2,1H3/t10-,11-/m1/s1. The SMILES string of the molecule is COc1ccc(C=O)cc1O[C@@H]1CC[C@@H](O)C1. The van der Waals surface area contributed by atoms with Gasteiger partial charge in [0, 0.05) is 12.0 Å². The van der Waals surface area contributed by atoms with Gasteiger partial charge in [-0.25, -0.2) is 0 Å². The van der Waals surface area contributed by atoms with Crippen LogP contribution in [0.2, 0.25) is 0 Å². The number of carbonyl (C=O) groups excluding carboxylic acids is 1. The molecule has 1 aliphatic rings. The Morgan fingerprint density at radius 1 is 1.35 bits per heavy atom. The molecule has 0 heterocycles. The van der Waals surface area contributed by atoms with Gasteiger partial charge in [-0.1, -0.05) is 0 Å². The van der Waals surface area contributed by atoms with Crippen molar-refractivity contribution in [1.29, 1.82) is 0 Å². The van der Waals surface area contributed by atoms with Crippen LogP contribution < -0.4 is 9.47 Å². The Hall–Kier alpha value is -1.55. The summed E-state index contributed by atoms with van der Waals surface area (Å²) in [6, 6.07) is 5.06. The maximum atomic E-state index is 10.7. The predicted octanol–water partition coefficient (Wildman–Crippen LogP) is 1.80. The van der Waals surface area contributed by atoms with Crippen LogP contribution in [-0.2, 0) is 0 Å². The maximum absolute atomic E-state index is 10.7. The summed E-state index contributed by atoms with van der Waals surface area (Å²) in [4.78, 5) is 10.7. The zero-order valence-electron chi connectivity index (χ0n) is 9.76. The molecule has 1 fully saturated rings. The molecule has 0 bridgehead atoms. The second-order valence-electron chi connectivity index (χ2n) is 4.23. The number of aliphatic hydroxyl groups is 1. The van der Waals surface area contributed by atoms with Gasteiger partial charge in [-0.3, -0.25) is 4.79 Å². The summed E-state index contributed by atoms with van der Waals surface area (Å²) in [5.41, 5.74) is 0.555. The Labute approximate surface area is 100 Å². The van der Waals surface area contributed by atoms with E-state index in [0.29, 0.717) is 23.5 Å². The van der Waals surface area contributed by atoms with Crippen LogP contribution in [0.15, 0.2) is 18.2 Å². The number of hydrogen-bond donors (Lipinski definition) is 1. The summed E-state index contributed by atoms with van der Waals surface area (Å²) in [7, 11) is 1.56. The Morgan fingerprint density at radius 2 is 2.18 bits per heavy atom. The second-order valence-corrected chi connectivity index (χ2v) is 4.23. The highest BCUT2D eigenvalue weighted by Crippen LogP contribution is 2.32. The van der Waals surface area contributed by atoms with Gasteiger partial charge < -0.3 is 14.6 Å². The number of carbonyl (C=O) groups is 1. The van der Waals surface area contributed by atoms with E-state index in [1.165, 1.54) is 0 Å². The predicted molar refractivity (Wildman–Crippen MR) is 62.7 cm³/mol. The third-order valence-corrected chi connectivity index (χ3v) is 2.97. The number of benzene rings is 1. The average molecular weight is 236 g/mol. The van der Waals surface area contributed by atoms with Gasteiger partial charge in [0.25, 0.3) is 0 Å². The minimum absolute atomic E-state index is 0.000743. The van der Waals surface area contributed by atoms with Crippen LogP contribution in [0, 0.1) is 0 Å². The molecule has 0 aliphatic heterocycles. The van der Waals surface area contributed by atoms with Crippen molar-refractivity contribution in [1.82, 2.24) is 0 Å². The molecule has 2 rings (SSSR count). The fourth-order valence-corrected chi connectivity index (χ4v) is 2.06. The smallest absolute Gasteiger partial charge is 0.162 e. The van der Waals surface area contributed by atoms with Crippen molar-refractivity contribution < 1.29 is 19.4 Å². The monoisotopic (exact) mass is 236 g/mol. The van der Waals surface area contributed by atoms with Crippen molar-refractivity contribution in [3.8, 4) is 11.5 Å². The average Bonchev–Trinajstić information content (AvgIpc) is 2.74. The van der Waals surface area contributed by atoms with E-state index in [9.17, 15) is 9.90 Å². The molecule has 1 N–H and O–H groups in total. The molecule has 0 aromatic heterocycles. The van der Waals surface area contributed by atoms with Crippen molar-refractivity contribution in [3.63, 3.8) is 0 Å². The van der Waals surface area contributed by atoms with Crippen LogP contribution in [0.4, 0.5) is 0 Å². The molecule has 4 heteroatoms. The molecule has 1 saturated carbocycles. The van der Waals surface area contributed by atoms with Crippen molar-refractivity contribution >= 4 is 6.29 Å². The van der Waals surface area contributed by atoms with E-state index >= 15 is 0 Å². The van der Waals surface area contributed by atoms with Gasteiger partial charge in [0.15, 0.2) is 11.5 Å². The first kappa shape index (κ1) is 11.9. The second kappa shape index (κ2) is 5.19. The van der Waals surface area contributed by atoms with E-state index < -0.39 is 0 Å². The number of aldehydes is 1. The van der Waals surface area contributed by atoms with Crippen LogP contribution >= 0.6 is 0 Å². The van der Waals surface area contributed by atoms with Crippen molar-refractivity contribution in [2.24, 2.45) is 0 Å². The number of methoxy groups -OCH3 is 1. The van der Waals surface area contributed by atoms with Gasteiger partial charge in [-0.2, -0.15) is 0 Å². The van der Waals surface area contributed by atoms with Gasteiger partial charge in [0.05, 0.1) is 13.2 Å². The third kappa shape index (κ3) is 2.77. The van der Waals surface area contributed by atoms with E-state index in [1.807, 2.05) is 0 Å². The minimum atomic E-state index is -0.278. The van der Waals surface area contributed by atoms with E-state index in [4.69, 9.17) is 9.47 Å². The molecule has 17 heavy (non-hydrogen) atoms. The van der Waals surface area contributed by atoms with Crippen molar-refractivity contribution in [3.05, 3.63) is 23.8 Å². The van der Waals surface area contributed by atoms with Gasteiger partial charge in [0.2, 0.25) is 0 Å². The fourth-order valence-electron chi connectivity index (χ4n) is 2.06. The lowest BCUT2D eigenvalue weighted by Crippen LogP contribution is -2.14. The van der Waals surface area contributed by atoms with Crippen LogP contribution in [0.1, 0.15) is 29.6 Å². The molecule has 1 aromatic carbocycles. The third-order valence-electron chi connectivity index (χ3n) is 2.97. The van der Waals surface area contributed by atoms with Gasteiger partial charge in [0.1, 0.15) is 12.4 Å². The Morgan fingerprint density at radius 3 is 2.76 bits per heavy atom. The summed E-state index contributed by atoms with van der Waals surface area (Å²) >= 11 is 0. The quantitative estimate of drug-likeness (QED) is 0.810. The number of rotatable bonds is 4. The lowest BCUT2D eigenvalue weighted by atomic mass is 10.2. The summed E-state index contributed by atoms with van der Waals surface area (Å²) < 4.78 is 10.9. The molecule has 0 amide bonds. The van der Waals surface area contributed by atoms with Crippen LogP contribution in [0.5, 0.6) is 11.5 Å². The zero-order valence-corrected chi connectivity index (χ0v) is 9.76. The van der Waals surface area contributed by atoms with E-state index in [1.54, 1.807) is 25.3 Å². The molecular weight excluding hydrogens is 220 g/mol. The Balaban J connectivity index is 2.15. The molecule has 0 spiro atoms. The van der Waals surface area contributed by atoms with Crippen LogP contribution in [0.3, 0.4) is 0 Å². The molecule has 0 saturated heterocycles. The summed E-state index contributed by atoms with van der Waals surface area (Å²) in [5.74, 6) is 1.17. The van der Waals surface area contributed by atoms with E-state index in [0.717, 1.165) is 19.1 Å². The number of ether oxygens (including phenoxy) is 2. The first-order valence-corrected chi connectivity index (χ1v) is 5.71. The molecular formula is C13H16O4. The van der Waals surface area contributed by atoms with Gasteiger partial charge in [-0.15, -0.1) is 0 Å². The lowest BCUT2D eigenvalue weighted by molar-refractivity contribution is 0.112. The van der Waals surface area contributed by atoms with Crippen LogP contribution in [0.25, 0.3) is 0 Å². The largest absolute Gasteiger partial charge is 0.493 e. The number of aliphatic hydroxyl groups excluding tert-OH is 1. The van der Waals surface area contributed by atoms with Crippen molar-refractivity contribution in [2.45, 2.75) is 31.5 Å². The summed E-state index contributed by atoms with van der Waals surface area (Å²) in [6.45, 7) is 0. The maximum Gasteiger partial charge on any atom is 0.162 e. The first-order valence-electron chi connectivity index (χ1n) is 5.71. The van der Waals surface area contributed by atoms with Gasteiger partial charge >= 0.3 is 0 Å². The lowest BCUT2D eigenvalue weighted by Gasteiger charge is -2.16. The first-order chi connectivity index (χ1) is 8.22. The molecule has 1 aliphatic carbocycles. The molecule has 4 nitrogen and oxygen atoms in total. The van der Waals surface area contributed by atoms with Crippen molar-refractivity contribution in [2.75, 3.05) is 7.11 Å². The van der Waals surface area contributed by atoms with Crippen LogP contribution in [-0.4, -0.2) is 30.7 Å². The fraction of sp³-hybridized carbons (Fsp3) is 0.462. The summed E-state index contributed by atoms with van der Waals surface area (Å²) in [5, 5.41) is 9.44. The molecule has 92 valence electrons. The summed E-state index contributed by atoms with van der Waals surface area (Å²) in [6.07, 6.45) is 2.72. The molecule has 0 unspecified atom stereocenters. The molecule has 1 aromatic rings. The Bertz CT molecular complexity index is 402. The number of hydrogen-bond acceptors (Lipinski definition) is 4. The Kier molecular flexibility index (Phi) is 3.64. The highest BCUT2D eigenvalue weighted by molar-refractivity contribution is 5.76. The van der Waals surface area contributed by atoms with Gasteiger partial charge in [-0.05, 0) is 31.0 Å².